The van der Waals surface area contributed by atoms with E-state index in [2.05, 4.69) is 5.32 Å². The predicted molar refractivity (Wildman–Crippen MR) is 66.9 cm³/mol. The highest BCUT2D eigenvalue weighted by Crippen LogP contribution is 2.16. The van der Waals surface area contributed by atoms with Gasteiger partial charge in [-0.3, -0.25) is 4.79 Å². The van der Waals surface area contributed by atoms with Crippen LogP contribution < -0.4 is 11.1 Å². The number of nitrogens with one attached hydrogen (secondary N) is 1. The first-order valence-corrected chi connectivity index (χ1v) is 6.01. The molecule has 1 heterocycles. The molecule has 5 heteroatoms. The van der Waals surface area contributed by atoms with E-state index in [9.17, 15) is 9.59 Å². The minimum atomic E-state index is -0.709. The fraction of sp³-hybridized carbons (Fsp3) is 0.385. The molecule has 1 aromatic rings. The topological polar surface area (TPSA) is 81.4 Å². The third-order valence-corrected chi connectivity index (χ3v) is 2.91. The summed E-state index contributed by atoms with van der Waals surface area (Å²) in [7, 11) is 0. The van der Waals surface area contributed by atoms with Crippen molar-refractivity contribution in [1.29, 1.82) is 0 Å². The molecule has 0 aromatic heterocycles. The van der Waals surface area contributed by atoms with Crippen molar-refractivity contribution in [3.63, 3.8) is 0 Å². The summed E-state index contributed by atoms with van der Waals surface area (Å²) in [4.78, 5) is 23.6. The van der Waals surface area contributed by atoms with Crippen molar-refractivity contribution < 1.29 is 14.3 Å². The first-order chi connectivity index (χ1) is 8.68. The molecular weight excluding hydrogens is 232 g/mol. The van der Waals surface area contributed by atoms with E-state index in [0.29, 0.717) is 24.2 Å². The highest BCUT2D eigenvalue weighted by atomic mass is 16.5. The zero-order valence-corrected chi connectivity index (χ0v) is 10.0. The standard InChI is InChI=1S/C13H16N2O3/c14-10-6-2-1-5-9(10)13(17)18-11-7-3-4-8-15-12(11)16/h1-2,5-6,11H,3-4,7-8,14H2,(H,15,16). The molecule has 0 spiro atoms. The number of anilines is 1. The van der Waals surface area contributed by atoms with Crippen LogP contribution in [0.3, 0.4) is 0 Å². The second kappa shape index (κ2) is 5.53. The van der Waals surface area contributed by atoms with Crippen molar-refractivity contribution in [2.45, 2.75) is 25.4 Å². The number of nitrogens with two attached hydrogens (primary N) is 1. The normalized spacial score (nSPS) is 19.8. The van der Waals surface area contributed by atoms with Gasteiger partial charge in [0.2, 0.25) is 0 Å². The second-order valence-electron chi connectivity index (χ2n) is 4.27. The van der Waals surface area contributed by atoms with Crippen LogP contribution >= 0.6 is 0 Å². The minimum absolute atomic E-state index is 0.227. The third-order valence-electron chi connectivity index (χ3n) is 2.91. The van der Waals surface area contributed by atoms with Gasteiger partial charge in [0.25, 0.3) is 5.91 Å². The maximum atomic E-state index is 11.9. The molecule has 1 saturated heterocycles. The molecule has 1 aliphatic rings. The number of hydrogen-bond donors (Lipinski definition) is 2. The van der Waals surface area contributed by atoms with E-state index >= 15 is 0 Å². The first kappa shape index (κ1) is 12.4. The van der Waals surface area contributed by atoms with E-state index in [1.807, 2.05) is 0 Å². The van der Waals surface area contributed by atoms with Gasteiger partial charge in [-0.2, -0.15) is 0 Å². The van der Waals surface area contributed by atoms with Crippen molar-refractivity contribution in [1.82, 2.24) is 5.32 Å². The molecule has 1 fully saturated rings. The molecule has 3 N–H and O–H groups in total. The van der Waals surface area contributed by atoms with Gasteiger partial charge in [-0.05, 0) is 31.4 Å². The van der Waals surface area contributed by atoms with Gasteiger partial charge < -0.3 is 15.8 Å². The maximum absolute atomic E-state index is 11.9. The van der Waals surface area contributed by atoms with Gasteiger partial charge in [0.15, 0.2) is 6.10 Å². The van der Waals surface area contributed by atoms with E-state index in [0.717, 1.165) is 12.8 Å². The lowest BCUT2D eigenvalue weighted by atomic mass is 10.1. The van der Waals surface area contributed by atoms with Crippen LogP contribution in [-0.4, -0.2) is 24.5 Å². The van der Waals surface area contributed by atoms with Crippen LogP contribution in [0.25, 0.3) is 0 Å². The van der Waals surface area contributed by atoms with E-state index in [4.69, 9.17) is 10.5 Å². The summed E-state index contributed by atoms with van der Waals surface area (Å²) in [5.41, 5.74) is 6.35. The number of esters is 1. The molecule has 0 bridgehead atoms. The molecule has 2 rings (SSSR count). The smallest absolute Gasteiger partial charge is 0.341 e. The van der Waals surface area contributed by atoms with E-state index in [-0.39, 0.29) is 5.91 Å². The Morgan fingerprint density at radius 1 is 1.33 bits per heavy atom. The molecule has 0 radical (unpaired) electrons. The Hall–Kier alpha value is -2.04. The number of carbonyl (C=O) groups excluding carboxylic acids is 2. The number of nitrogen functional groups attached to an aromatic ring is 1. The number of carbonyl (C=O) groups is 2. The lowest BCUT2D eigenvalue weighted by molar-refractivity contribution is -0.129. The van der Waals surface area contributed by atoms with Gasteiger partial charge in [-0.1, -0.05) is 12.1 Å². The number of rotatable bonds is 2. The molecule has 1 aromatic carbocycles. The average molecular weight is 248 g/mol. The quantitative estimate of drug-likeness (QED) is 0.606. The van der Waals surface area contributed by atoms with Crippen LogP contribution in [0.15, 0.2) is 24.3 Å². The van der Waals surface area contributed by atoms with Crippen LogP contribution in [0.5, 0.6) is 0 Å². The molecule has 0 saturated carbocycles. The Balaban J connectivity index is 2.06. The second-order valence-corrected chi connectivity index (χ2v) is 4.27. The number of amides is 1. The van der Waals surface area contributed by atoms with E-state index < -0.39 is 12.1 Å². The summed E-state index contributed by atoms with van der Waals surface area (Å²) >= 11 is 0. The predicted octanol–water partition coefficient (Wildman–Crippen LogP) is 1.09. The highest BCUT2D eigenvalue weighted by Gasteiger charge is 2.25. The van der Waals surface area contributed by atoms with Gasteiger partial charge in [0.05, 0.1) is 5.56 Å². The lowest BCUT2D eigenvalue weighted by Gasteiger charge is -2.15. The number of ether oxygens (including phenoxy) is 1. The van der Waals surface area contributed by atoms with Crippen LogP contribution in [0.1, 0.15) is 29.6 Å². The Labute approximate surface area is 105 Å². The minimum Gasteiger partial charge on any atom is -0.449 e. The molecule has 1 aliphatic heterocycles. The Bertz CT molecular complexity index is 459. The summed E-state index contributed by atoms with van der Waals surface area (Å²) in [6.45, 7) is 0.639. The van der Waals surface area contributed by atoms with Crippen molar-refractivity contribution in [3.8, 4) is 0 Å². The first-order valence-electron chi connectivity index (χ1n) is 6.01. The highest BCUT2D eigenvalue weighted by molar-refractivity contribution is 5.96. The molecular formula is C13H16N2O3. The van der Waals surface area contributed by atoms with Gasteiger partial charge >= 0.3 is 5.97 Å². The fourth-order valence-corrected chi connectivity index (χ4v) is 1.90. The lowest BCUT2D eigenvalue weighted by Crippen LogP contribution is -2.36. The average Bonchev–Trinajstić information content (AvgIpc) is 2.55. The van der Waals surface area contributed by atoms with Gasteiger partial charge in [0, 0.05) is 12.2 Å². The molecule has 96 valence electrons. The fourth-order valence-electron chi connectivity index (χ4n) is 1.90. The number of para-hydroxylation sites is 1. The number of benzene rings is 1. The van der Waals surface area contributed by atoms with Crippen molar-refractivity contribution in [2.75, 3.05) is 12.3 Å². The Morgan fingerprint density at radius 2 is 2.11 bits per heavy atom. The summed E-state index contributed by atoms with van der Waals surface area (Å²) in [6.07, 6.45) is 1.62. The Morgan fingerprint density at radius 3 is 2.89 bits per heavy atom. The van der Waals surface area contributed by atoms with Crippen LogP contribution in [0.4, 0.5) is 5.69 Å². The maximum Gasteiger partial charge on any atom is 0.341 e. The summed E-state index contributed by atoms with van der Waals surface area (Å²) in [5, 5.41) is 2.72. The molecule has 1 atom stereocenters. The van der Waals surface area contributed by atoms with Crippen molar-refractivity contribution in [3.05, 3.63) is 29.8 Å². The molecule has 18 heavy (non-hydrogen) atoms. The van der Waals surface area contributed by atoms with Crippen LogP contribution in [0.2, 0.25) is 0 Å². The third kappa shape index (κ3) is 2.80. The summed E-state index contributed by atoms with van der Waals surface area (Å²) < 4.78 is 5.22. The largest absolute Gasteiger partial charge is 0.449 e. The van der Waals surface area contributed by atoms with E-state index in [1.54, 1.807) is 24.3 Å². The Kier molecular flexibility index (Phi) is 3.82. The van der Waals surface area contributed by atoms with Crippen molar-refractivity contribution in [2.24, 2.45) is 0 Å². The molecule has 5 nitrogen and oxygen atoms in total. The zero-order valence-electron chi connectivity index (χ0n) is 10.0. The van der Waals surface area contributed by atoms with Gasteiger partial charge in [0.1, 0.15) is 0 Å². The SMILES string of the molecule is Nc1ccccc1C(=O)OC1CCCCNC1=O. The monoisotopic (exact) mass is 248 g/mol. The summed E-state index contributed by atoms with van der Waals surface area (Å²) in [5.74, 6) is -0.773. The van der Waals surface area contributed by atoms with Crippen LogP contribution in [0, 0.1) is 0 Å². The summed E-state index contributed by atoms with van der Waals surface area (Å²) in [6, 6.07) is 6.67. The number of hydrogen-bond acceptors (Lipinski definition) is 4. The molecule has 0 aliphatic carbocycles. The van der Waals surface area contributed by atoms with Crippen molar-refractivity contribution >= 4 is 17.6 Å². The molecule has 1 unspecified atom stereocenters. The van der Waals surface area contributed by atoms with Crippen LogP contribution in [-0.2, 0) is 9.53 Å². The van der Waals surface area contributed by atoms with Gasteiger partial charge in [-0.15, -0.1) is 0 Å². The van der Waals surface area contributed by atoms with E-state index in [1.165, 1.54) is 0 Å². The molecule has 1 amide bonds. The van der Waals surface area contributed by atoms with Gasteiger partial charge in [-0.25, -0.2) is 4.79 Å². The zero-order chi connectivity index (χ0) is 13.0.